The number of anilines is 1. The van der Waals surface area contributed by atoms with Gasteiger partial charge in [0, 0.05) is 30.6 Å². The third-order valence-corrected chi connectivity index (χ3v) is 7.27. The second-order valence-electron chi connectivity index (χ2n) is 10.0. The number of hydrogen-bond acceptors (Lipinski definition) is 7. The smallest absolute Gasteiger partial charge is 0.272 e. The van der Waals surface area contributed by atoms with Crippen LogP contribution in [0.25, 0.3) is 10.8 Å². The summed E-state index contributed by atoms with van der Waals surface area (Å²) in [6.07, 6.45) is 8.50. The normalized spacial score (nSPS) is 13.0. The Kier molecular flexibility index (Phi) is 7.61. The van der Waals surface area contributed by atoms with Gasteiger partial charge in [-0.05, 0) is 59.4 Å². The van der Waals surface area contributed by atoms with Crippen LogP contribution in [0.4, 0.5) is 5.69 Å². The minimum absolute atomic E-state index is 0.100. The number of benzene rings is 2. The molecule has 2 aromatic carbocycles. The molecule has 2 amide bonds. The summed E-state index contributed by atoms with van der Waals surface area (Å²) in [6.45, 7) is 1.30. The van der Waals surface area contributed by atoms with E-state index in [0.29, 0.717) is 30.3 Å². The highest BCUT2D eigenvalue weighted by Gasteiger charge is 2.22. The number of nitrogens with one attached hydrogen (secondary N) is 2. The molecule has 0 aliphatic heterocycles. The quantitative estimate of drug-likeness (QED) is 0.261. The molecule has 0 bridgehead atoms. The third-order valence-electron chi connectivity index (χ3n) is 7.27. The van der Waals surface area contributed by atoms with Crippen molar-refractivity contribution in [1.82, 2.24) is 30.3 Å². The zero-order valence-corrected chi connectivity index (χ0v) is 22.4. The molecule has 0 saturated heterocycles. The van der Waals surface area contributed by atoms with E-state index in [1.807, 2.05) is 48.5 Å². The van der Waals surface area contributed by atoms with Crippen LogP contribution in [0.1, 0.15) is 51.4 Å². The molecule has 1 fully saturated rings. The number of fused-ring (bicyclic) bond motifs is 1. The van der Waals surface area contributed by atoms with Gasteiger partial charge in [0.2, 0.25) is 5.88 Å². The summed E-state index contributed by atoms with van der Waals surface area (Å²) in [5.41, 5.74) is 2.64. The summed E-state index contributed by atoms with van der Waals surface area (Å²) in [5.74, 6) is 0.0439. The highest BCUT2D eigenvalue weighted by molar-refractivity contribution is 6.15. The van der Waals surface area contributed by atoms with Gasteiger partial charge < -0.3 is 15.4 Å². The van der Waals surface area contributed by atoms with E-state index in [9.17, 15) is 9.59 Å². The molecule has 0 spiro atoms. The number of carbonyl (C=O) groups excluding carboxylic acids is 2. The molecule has 6 rings (SSSR count). The number of nitrogens with zero attached hydrogens (tertiary/aromatic N) is 5. The van der Waals surface area contributed by atoms with Crippen molar-refractivity contribution < 1.29 is 14.3 Å². The Bertz CT molecular complexity index is 1670. The van der Waals surface area contributed by atoms with Crippen molar-refractivity contribution >= 4 is 28.3 Å². The summed E-state index contributed by atoms with van der Waals surface area (Å²) < 4.78 is 7.56. The van der Waals surface area contributed by atoms with Gasteiger partial charge in [-0.2, -0.15) is 0 Å². The lowest BCUT2D eigenvalue weighted by Crippen LogP contribution is -2.33. The zero-order chi connectivity index (χ0) is 28.0. The maximum Gasteiger partial charge on any atom is 0.272 e. The van der Waals surface area contributed by atoms with Crippen molar-refractivity contribution in [3.8, 4) is 5.88 Å². The average Bonchev–Trinajstić information content (AvgIpc) is 3.49. The molecule has 10 nitrogen and oxygen atoms in total. The SMILES string of the molecule is O=C(NCC1CCC1)c1nc(OCc2ccccn2)ccc1NC(=O)c1ccc(Cn2ccnn2)c2ccccc12. The molecular formula is C31H29N7O3. The molecule has 0 radical (unpaired) electrons. The van der Waals surface area contributed by atoms with Gasteiger partial charge in [0.1, 0.15) is 6.61 Å². The predicted molar refractivity (Wildman–Crippen MR) is 154 cm³/mol. The molecule has 3 aromatic heterocycles. The monoisotopic (exact) mass is 547 g/mol. The Hall–Kier alpha value is -5.12. The average molecular weight is 548 g/mol. The van der Waals surface area contributed by atoms with Crippen LogP contribution in [-0.4, -0.2) is 43.3 Å². The third kappa shape index (κ3) is 6.06. The lowest BCUT2D eigenvalue weighted by atomic mass is 9.85. The standard InChI is InChI=1S/C31H29N7O3/c39-30(26-12-11-22(19-38-17-16-34-37-38)24-9-1-2-10-25(24)26)35-27-13-14-28(41-20-23-8-3-4-15-32-23)36-29(27)31(40)33-18-21-6-5-7-21/h1-4,8-17,21H,5-7,18-20H2,(H,33,40)(H,35,39). The first-order valence-corrected chi connectivity index (χ1v) is 13.6. The van der Waals surface area contributed by atoms with E-state index in [1.54, 1.807) is 41.5 Å². The summed E-state index contributed by atoms with van der Waals surface area (Å²) in [4.78, 5) is 35.6. The van der Waals surface area contributed by atoms with Gasteiger partial charge in [-0.1, -0.05) is 48.0 Å². The number of pyridine rings is 2. The predicted octanol–water partition coefficient (Wildman–Crippen LogP) is 4.63. The van der Waals surface area contributed by atoms with E-state index in [4.69, 9.17) is 4.74 Å². The van der Waals surface area contributed by atoms with Gasteiger partial charge in [-0.3, -0.25) is 14.6 Å². The highest BCUT2D eigenvalue weighted by Crippen LogP contribution is 2.27. The number of ether oxygens (including phenoxy) is 1. The van der Waals surface area contributed by atoms with Crippen LogP contribution in [0, 0.1) is 5.92 Å². The van der Waals surface area contributed by atoms with Crippen LogP contribution in [0.2, 0.25) is 0 Å². The molecule has 0 unspecified atom stereocenters. The van der Waals surface area contributed by atoms with Crippen molar-refractivity contribution in [2.75, 3.05) is 11.9 Å². The van der Waals surface area contributed by atoms with E-state index >= 15 is 0 Å². The number of rotatable bonds is 10. The summed E-state index contributed by atoms with van der Waals surface area (Å²) in [6, 6.07) is 20.3. The Labute approximate surface area is 236 Å². The van der Waals surface area contributed by atoms with Gasteiger partial charge in [-0.15, -0.1) is 5.10 Å². The molecule has 10 heteroatoms. The molecule has 1 aliphatic rings. The van der Waals surface area contributed by atoms with Crippen LogP contribution in [0.5, 0.6) is 5.88 Å². The van der Waals surface area contributed by atoms with Crippen molar-refractivity contribution in [2.45, 2.75) is 32.4 Å². The lowest BCUT2D eigenvalue weighted by molar-refractivity contribution is 0.0933. The Morgan fingerprint density at radius 1 is 0.927 bits per heavy atom. The summed E-state index contributed by atoms with van der Waals surface area (Å²) in [5, 5.41) is 15.6. The van der Waals surface area contributed by atoms with Gasteiger partial charge >= 0.3 is 0 Å². The van der Waals surface area contributed by atoms with E-state index in [-0.39, 0.29) is 30.0 Å². The number of aromatic nitrogens is 5. The fourth-order valence-electron chi connectivity index (χ4n) is 4.82. The van der Waals surface area contributed by atoms with Crippen LogP contribution >= 0.6 is 0 Å². The van der Waals surface area contributed by atoms with Crippen molar-refractivity contribution in [3.63, 3.8) is 0 Å². The molecule has 0 atom stereocenters. The number of carbonyl (C=O) groups is 2. The van der Waals surface area contributed by atoms with Crippen LogP contribution in [0.15, 0.2) is 85.3 Å². The fraction of sp³-hybridized carbons (Fsp3) is 0.226. The molecule has 41 heavy (non-hydrogen) atoms. The maximum absolute atomic E-state index is 13.6. The first-order chi connectivity index (χ1) is 20.1. The Balaban J connectivity index is 1.26. The van der Waals surface area contributed by atoms with Crippen LogP contribution in [0.3, 0.4) is 0 Å². The number of amides is 2. The Morgan fingerprint density at radius 2 is 1.78 bits per heavy atom. The first-order valence-electron chi connectivity index (χ1n) is 13.6. The van der Waals surface area contributed by atoms with Gasteiger partial charge in [0.15, 0.2) is 5.69 Å². The lowest BCUT2D eigenvalue weighted by Gasteiger charge is -2.25. The summed E-state index contributed by atoms with van der Waals surface area (Å²) in [7, 11) is 0. The molecule has 3 heterocycles. The second kappa shape index (κ2) is 12.0. The zero-order valence-electron chi connectivity index (χ0n) is 22.4. The van der Waals surface area contributed by atoms with E-state index < -0.39 is 0 Å². The van der Waals surface area contributed by atoms with Crippen molar-refractivity contribution in [3.05, 3.63) is 108 Å². The second-order valence-corrected chi connectivity index (χ2v) is 10.0. The highest BCUT2D eigenvalue weighted by atomic mass is 16.5. The minimum atomic E-state index is -0.358. The van der Waals surface area contributed by atoms with E-state index in [1.165, 1.54) is 6.42 Å². The molecular weight excluding hydrogens is 518 g/mol. The molecule has 5 aromatic rings. The largest absolute Gasteiger partial charge is 0.471 e. The van der Waals surface area contributed by atoms with Crippen LogP contribution in [-0.2, 0) is 13.2 Å². The van der Waals surface area contributed by atoms with Crippen molar-refractivity contribution in [2.24, 2.45) is 5.92 Å². The Morgan fingerprint density at radius 3 is 2.54 bits per heavy atom. The van der Waals surface area contributed by atoms with E-state index in [0.717, 1.165) is 34.9 Å². The van der Waals surface area contributed by atoms with Gasteiger partial charge in [0.05, 0.1) is 24.1 Å². The van der Waals surface area contributed by atoms with Crippen molar-refractivity contribution in [1.29, 1.82) is 0 Å². The van der Waals surface area contributed by atoms with E-state index in [2.05, 4.69) is 30.9 Å². The topological polar surface area (TPSA) is 124 Å². The molecule has 2 N–H and O–H groups in total. The first kappa shape index (κ1) is 26.1. The number of hydrogen-bond donors (Lipinski definition) is 2. The minimum Gasteiger partial charge on any atom is -0.471 e. The molecule has 1 saturated carbocycles. The van der Waals surface area contributed by atoms with Gasteiger partial charge in [0.25, 0.3) is 11.8 Å². The maximum atomic E-state index is 13.6. The van der Waals surface area contributed by atoms with Crippen LogP contribution < -0.4 is 15.4 Å². The molecule has 206 valence electrons. The molecule has 1 aliphatic carbocycles. The summed E-state index contributed by atoms with van der Waals surface area (Å²) >= 11 is 0. The van der Waals surface area contributed by atoms with Gasteiger partial charge in [-0.25, -0.2) is 9.67 Å². The fourth-order valence-corrected chi connectivity index (χ4v) is 4.82.